The summed E-state index contributed by atoms with van der Waals surface area (Å²) in [6, 6.07) is 4.94. The van der Waals surface area contributed by atoms with Crippen molar-refractivity contribution < 1.29 is 24.2 Å². The second kappa shape index (κ2) is 11.7. The Bertz CT molecular complexity index is 1140. The van der Waals surface area contributed by atoms with E-state index >= 15 is 0 Å². The van der Waals surface area contributed by atoms with Crippen molar-refractivity contribution >= 4 is 23.2 Å². The number of hydrogen-bond acceptors (Lipinski definition) is 7. The molecule has 0 aliphatic carbocycles. The molecule has 3 rings (SSSR count). The van der Waals surface area contributed by atoms with Gasteiger partial charge in [0.25, 0.3) is 5.91 Å². The summed E-state index contributed by atoms with van der Waals surface area (Å²) >= 11 is 1.49. The van der Waals surface area contributed by atoms with Gasteiger partial charge >= 0.3 is 5.97 Å². The first-order valence-electron chi connectivity index (χ1n) is 13.5. The molecule has 3 atom stereocenters. The highest BCUT2D eigenvalue weighted by molar-refractivity contribution is 7.11. The van der Waals surface area contributed by atoms with E-state index in [1.165, 1.54) is 11.3 Å². The zero-order valence-electron chi connectivity index (χ0n) is 24.3. The first-order chi connectivity index (χ1) is 17.7. The van der Waals surface area contributed by atoms with E-state index in [1.54, 1.807) is 30.3 Å². The van der Waals surface area contributed by atoms with Crippen molar-refractivity contribution in [3.63, 3.8) is 0 Å². The van der Waals surface area contributed by atoms with Gasteiger partial charge in [0.2, 0.25) is 0 Å². The Morgan fingerprint density at radius 3 is 2.39 bits per heavy atom. The van der Waals surface area contributed by atoms with Crippen LogP contribution in [0.25, 0.3) is 0 Å². The van der Waals surface area contributed by atoms with Crippen molar-refractivity contribution in [1.82, 2.24) is 9.88 Å². The molecule has 0 bridgehead atoms. The maximum atomic E-state index is 14.5. The topological polar surface area (TPSA) is 89.0 Å². The van der Waals surface area contributed by atoms with E-state index in [-0.39, 0.29) is 42.3 Å². The largest absolute Gasteiger partial charge is 0.496 e. The third kappa shape index (κ3) is 6.07. The normalized spacial score (nSPS) is 21.8. The van der Waals surface area contributed by atoms with Crippen LogP contribution in [0.3, 0.4) is 0 Å². The van der Waals surface area contributed by atoms with Crippen LogP contribution in [0.15, 0.2) is 24.4 Å². The Kier molecular flexibility index (Phi) is 9.30. The molecule has 0 saturated carbocycles. The predicted octanol–water partition coefficient (Wildman–Crippen LogP) is 5.94. The number of aryl methyl sites for hydroxylation is 1. The molecule has 1 aliphatic heterocycles. The number of aromatic nitrogens is 1. The summed E-state index contributed by atoms with van der Waals surface area (Å²) < 4.78 is 11.5. The Morgan fingerprint density at radius 2 is 1.89 bits per heavy atom. The molecule has 1 aromatic heterocycles. The second-order valence-electron chi connectivity index (χ2n) is 12.4. The number of benzene rings is 1. The first-order valence-corrected chi connectivity index (χ1v) is 14.3. The first kappa shape index (κ1) is 30.1. The predicted molar refractivity (Wildman–Crippen MR) is 151 cm³/mol. The monoisotopic (exact) mass is 544 g/mol. The van der Waals surface area contributed by atoms with Crippen molar-refractivity contribution in [2.24, 2.45) is 17.8 Å². The number of thiazole rings is 1. The average Bonchev–Trinajstić information content (AvgIpc) is 3.41. The zero-order chi connectivity index (χ0) is 28.4. The van der Waals surface area contributed by atoms with Gasteiger partial charge in [0.1, 0.15) is 16.3 Å². The minimum absolute atomic E-state index is 0.103. The number of rotatable bonds is 9. The van der Waals surface area contributed by atoms with E-state index < -0.39 is 17.6 Å². The highest BCUT2D eigenvalue weighted by Gasteiger charge is 2.60. The molecule has 38 heavy (non-hydrogen) atoms. The fraction of sp³-hybridized carbons (Fsp3) is 0.633. The van der Waals surface area contributed by atoms with Gasteiger partial charge in [-0.05, 0) is 54.7 Å². The van der Waals surface area contributed by atoms with Crippen molar-refractivity contribution in [2.45, 2.75) is 85.2 Å². The molecule has 1 aromatic carbocycles. The third-order valence-electron chi connectivity index (χ3n) is 7.06. The van der Waals surface area contributed by atoms with Gasteiger partial charge in [0, 0.05) is 29.2 Å². The quantitative estimate of drug-likeness (QED) is 0.393. The van der Waals surface area contributed by atoms with E-state index in [1.807, 2.05) is 40.7 Å². The minimum Gasteiger partial charge on any atom is -0.496 e. The van der Waals surface area contributed by atoms with Crippen molar-refractivity contribution in [2.75, 3.05) is 20.3 Å². The van der Waals surface area contributed by atoms with Gasteiger partial charge in [-0.15, -0.1) is 11.3 Å². The molecule has 3 unspecified atom stereocenters. The molecule has 1 fully saturated rings. The highest BCUT2D eigenvalue weighted by Crippen LogP contribution is 2.51. The lowest BCUT2D eigenvalue weighted by atomic mass is 9.83. The van der Waals surface area contributed by atoms with E-state index in [0.29, 0.717) is 24.2 Å². The molecule has 210 valence electrons. The van der Waals surface area contributed by atoms with Crippen LogP contribution in [0.2, 0.25) is 0 Å². The zero-order valence-corrected chi connectivity index (χ0v) is 25.1. The Balaban J connectivity index is 2.23. The van der Waals surface area contributed by atoms with Crippen LogP contribution >= 0.6 is 11.3 Å². The van der Waals surface area contributed by atoms with Crippen molar-refractivity contribution in [3.05, 3.63) is 45.4 Å². The van der Waals surface area contributed by atoms with Gasteiger partial charge in [0.05, 0.1) is 19.8 Å². The number of aliphatic hydroxyl groups excluding tert-OH is 1. The molecule has 1 saturated heterocycles. The molecule has 1 amide bonds. The maximum Gasteiger partial charge on any atom is 0.332 e. The Labute approximate surface area is 231 Å². The lowest BCUT2D eigenvalue weighted by molar-refractivity contribution is -0.158. The number of ether oxygens (including phenoxy) is 2. The molecule has 0 radical (unpaired) electrons. The number of methoxy groups -OCH3 is 1. The van der Waals surface area contributed by atoms with Gasteiger partial charge in [-0.1, -0.05) is 54.5 Å². The lowest BCUT2D eigenvalue weighted by Crippen LogP contribution is -2.55. The van der Waals surface area contributed by atoms with Crippen LogP contribution in [0, 0.1) is 24.7 Å². The number of hydrogen-bond donors (Lipinski definition) is 1. The van der Waals surface area contributed by atoms with Crippen LogP contribution in [0.4, 0.5) is 0 Å². The summed E-state index contributed by atoms with van der Waals surface area (Å²) in [4.78, 5) is 35.8. The number of esters is 1. The van der Waals surface area contributed by atoms with Crippen LogP contribution in [-0.2, 0) is 14.9 Å². The molecular weight excluding hydrogens is 500 g/mol. The molecule has 1 N–H and O–H groups in total. The molecule has 8 heteroatoms. The summed E-state index contributed by atoms with van der Waals surface area (Å²) in [6.45, 7) is 16.4. The van der Waals surface area contributed by atoms with E-state index in [0.717, 1.165) is 15.4 Å². The van der Waals surface area contributed by atoms with Gasteiger partial charge in [0.15, 0.2) is 0 Å². The number of amides is 1. The van der Waals surface area contributed by atoms with E-state index in [2.05, 4.69) is 25.8 Å². The lowest BCUT2D eigenvalue weighted by Gasteiger charge is -2.40. The molecule has 1 aliphatic rings. The summed E-state index contributed by atoms with van der Waals surface area (Å²) in [6.07, 6.45) is 2.51. The van der Waals surface area contributed by atoms with E-state index in [9.17, 15) is 14.7 Å². The summed E-state index contributed by atoms with van der Waals surface area (Å²) in [5, 5.41) is 11.2. The van der Waals surface area contributed by atoms with Crippen LogP contribution in [-0.4, -0.2) is 52.7 Å². The van der Waals surface area contributed by atoms with Crippen LogP contribution < -0.4 is 4.74 Å². The van der Waals surface area contributed by atoms with Gasteiger partial charge in [-0.25, -0.2) is 9.78 Å². The van der Waals surface area contributed by atoms with E-state index in [4.69, 9.17) is 9.47 Å². The third-order valence-corrected chi connectivity index (χ3v) is 8.04. The maximum absolute atomic E-state index is 14.5. The standard InChI is InChI=1S/C30H44N2O5S/c1-18(2)13-30(28(35)37-17-19(3)4)14-22(16-33)25(26-31-15-20(5)38-26)32(30)27(34)21-10-11-23(29(6,7)8)24(12-21)36-9/h10-12,15,18-19,22,25,33H,13-14,16-17H2,1-9H3. The number of aliphatic hydroxyl groups is 1. The fourth-order valence-corrected chi connectivity index (χ4v) is 6.47. The Morgan fingerprint density at radius 1 is 1.21 bits per heavy atom. The number of nitrogens with zero attached hydrogens (tertiary/aromatic N) is 2. The van der Waals surface area contributed by atoms with Gasteiger partial charge in [-0.3, -0.25) is 4.79 Å². The smallest absolute Gasteiger partial charge is 0.332 e. The average molecular weight is 545 g/mol. The fourth-order valence-electron chi connectivity index (χ4n) is 5.51. The summed E-state index contributed by atoms with van der Waals surface area (Å²) in [7, 11) is 1.60. The molecule has 0 spiro atoms. The van der Waals surface area contributed by atoms with Crippen LogP contribution in [0.5, 0.6) is 5.75 Å². The number of likely N-dealkylation sites (tertiary alicyclic amines) is 1. The number of carbonyl (C=O) groups is 2. The van der Waals surface area contributed by atoms with Crippen molar-refractivity contribution in [3.8, 4) is 5.75 Å². The molecule has 2 aromatic rings. The van der Waals surface area contributed by atoms with Crippen LogP contribution in [0.1, 0.15) is 93.2 Å². The SMILES string of the molecule is COc1cc(C(=O)N2C(c3ncc(C)s3)C(CO)CC2(CC(C)C)C(=O)OCC(C)C)ccc1C(C)(C)C. The highest BCUT2D eigenvalue weighted by atomic mass is 32.1. The molecule has 7 nitrogen and oxygen atoms in total. The molecule has 2 heterocycles. The summed E-state index contributed by atoms with van der Waals surface area (Å²) in [5.74, 6) is -0.183. The van der Waals surface area contributed by atoms with Crippen molar-refractivity contribution in [1.29, 1.82) is 0 Å². The number of carbonyl (C=O) groups excluding carboxylic acids is 2. The Hall–Kier alpha value is -2.45. The summed E-state index contributed by atoms with van der Waals surface area (Å²) in [5.41, 5.74) is 0.0128. The van der Waals surface area contributed by atoms with Gasteiger partial charge < -0.3 is 19.5 Å². The minimum atomic E-state index is -1.23. The molecular formula is C30H44N2O5S. The second-order valence-corrected chi connectivity index (χ2v) is 13.6. The van der Waals surface area contributed by atoms with Gasteiger partial charge in [-0.2, -0.15) is 0 Å².